The Balaban J connectivity index is 1.86. The molecule has 3 heteroatoms. The Morgan fingerprint density at radius 1 is 1.20 bits per heavy atom. The fourth-order valence-corrected chi connectivity index (χ4v) is 3.11. The molecule has 2 N–H and O–H groups in total. The Bertz CT molecular complexity index is 504. The van der Waals surface area contributed by atoms with Crippen molar-refractivity contribution in [2.24, 2.45) is 5.73 Å². The predicted molar refractivity (Wildman–Crippen MR) is 88.1 cm³/mol. The molecular weight excluding hydrogens is 264 g/mol. The molecular formula is C17H24N2S. The highest BCUT2D eigenvalue weighted by Crippen LogP contribution is 2.24. The summed E-state index contributed by atoms with van der Waals surface area (Å²) in [5.74, 6) is 0. The van der Waals surface area contributed by atoms with E-state index < -0.39 is 0 Å². The van der Waals surface area contributed by atoms with Crippen LogP contribution in [0.4, 0.5) is 0 Å². The van der Waals surface area contributed by atoms with Gasteiger partial charge in [0.05, 0.1) is 0 Å². The Hall–Kier alpha value is -1.16. The van der Waals surface area contributed by atoms with Gasteiger partial charge < -0.3 is 5.73 Å². The molecule has 1 aromatic heterocycles. The van der Waals surface area contributed by atoms with Gasteiger partial charge in [-0.2, -0.15) is 0 Å². The summed E-state index contributed by atoms with van der Waals surface area (Å²) in [6.45, 7) is 5.36. The van der Waals surface area contributed by atoms with Crippen molar-refractivity contribution in [3.05, 3.63) is 57.8 Å². The second-order valence-electron chi connectivity index (χ2n) is 5.48. The van der Waals surface area contributed by atoms with Crippen molar-refractivity contribution in [1.82, 2.24) is 4.90 Å². The van der Waals surface area contributed by atoms with Gasteiger partial charge in [-0.15, -0.1) is 11.3 Å². The van der Waals surface area contributed by atoms with Gasteiger partial charge in [-0.25, -0.2) is 0 Å². The number of nitrogens with zero attached hydrogens (tertiary/aromatic N) is 1. The average Bonchev–Trinajstić information content (AvgIpc) is 2.98. The van der Waals surface area contributed by atoms with Crippen LogP contribution in [-0.2, 0) is 0 Å². The van der Waals surface area contributed by atoms with E-state index in [1.54, 1.807) is 0 Å². The smallest absolute Gasteiger partial charge is 0.0410 e. The summed E-state index contributed by atoms with van der Waals surface area (Å²) in [7, 11) is 2.17. The molecule has 2 unspecified atom stereocenters. The van der Waals surface area contributed by atoms with Crippen molar-refractivity contribution in [1.29, 1.82) is 0 Å². The van der Waals surface area contributed by atoms with Gasteiger partial charge in [-0.3, -0.25) is 4.90 Å². The molecule has 0 aliphatic rings. The topological polar surface area (TPSA) is 29.3 Å². The highest BCUT2D eigenvalue weighted by Gasteiger charge is 2.14. The van der Waals surface area contributed by atoms with Crippen LogP contribution in [0.2, 0.25) is 0 Å². The van der Waals surface area contributed by atoms with Gasteiger partial charge in [-0.1, -0.05) is 35.9 Å². The molecule has 2 rings (SSSR count). The van der Waals surface area contributed by atoms with Gasteiger partial charge >= 0.3 is 0 Å². The molecule has 0 saturated heterocycles. The maximum atomic E-state index is 6.29. The van der Waals surface area contributed by atoms with E-state index in [4.69, 9.17) is 5.73 Å². The maximum Gasteiger partial charge on any atom is 0.0410 e. The fraction of sp³-hybridized carbons (Fsp3) is 0.412. The molecule has 0 fully saturated rings. The van der Waals surface area contributed by atoms with Crippen molar-refractivity contribution in [3.8, 4) is 0 Å². The summed E-state index contributed by atoms with van der Waals surface area (Å²) in [5, 5.41) is 2.14. The zero-order valence-corrected chi connectivity index (χ0v) is 13.4. The number of hydrogen-bond acceptors (Lipinski definition) is 3. The number of nitrogens with two attached hydrogens (primary N) is 1. The lowest BCUT2D eigenvalue weighted by molar-refractivity contribution is 0.254. The van der Waals surface area contributed by atoms with Crippen molar-refractivity contribution < 1.29 is 0 Å². The maximum absolute atomic E-state index is 6.29. The third kappa shape index (κ3) is 3.92. The second-order valence-corrected chi connectivity index (χ2v) is 6.46. The van der Waals surface area contributed by atoms with Gasteiger partial charge in [-0.05, 0) is 44.3 Å². The van der Waals surface area contributed by atoms with Gasteiger partial charge in [0.2, 0.25) is 0 Å². The molecule has 0 spiro atoms. The monoisotopic (exact) mass is 288 g/mol. The van der Waals surface area contributed by atoms with Gasteiger partial charge in [0.1, 0.15) is 0 Å². The quantitative estimate of drug-likeness (QED) is 0.865. The minimum absolute atomic E-state index is 0.119. The highest BCUT2D eigenvalue weighted by molar-refractivity contribution is 7.10. The Morgan fingerprint density at radius 3 is 2.50 bits per heavy atom. The minimum atomic E-state index is 0.119. The standard InChI is InChI=1S/C17H24N2S/c1-13-6-8-15(9-7-13)16(18)10-11-19(3)14(2)17-5-4-12-20-17/h4-9,12,14,16H,10-11,18H2,1-3H3. The highest BCUT2D eigenvalue weighted by atomic mass is 32.1. The third-order valence-electron chi connectivity index (χ3n) is 3.91. The lowest BCUT2D eigenvalue weighted by atomic mass is 10.0. The summed E-state index contributed by atoms with van der Waals surface area (Å²) in [6, 6.07) is 13.4. The molecule has 108 valence electrons. The van der Waals surface area contributed by atoms with Crippen molar-refractivity contribution in [2.75, 3.05) is 13.6 Å². The van der Waals surface area contributed by atoms with Crippen LogP contribution in [0.3, 0.4) is 0 Å². The minimum Gasteiger partial charge on any atom is -0.324 e. The number of hydrogen-bond donors (Lipinski definition) is 1. The van der Waals surface area contributed by atoms with E-state index in [2.05, 4.69) is 67.6 Å². The van der Waals surface area contributed by atoms with E-state index in [-0.39, 0.29) is 6.04 Å². The average molecular weight is 288 g/mol. The summed E-state index contributed by atoms with van der Waals surface area (Å²) in [5.41, 5.74) is 8.80. The van der Waals surface area contributed by atoms with Crippen LogP contribution in [0.1, 0.15) is 41.4 Å². The fourth-order valence-electron chi connectivity index (χ4n) is 2.26. The summed E-state index contributed by atoms with van der Waals surface area (Å²) >= 11 is 1.82. The molecule has 2 aromatic rings. The largest absolute Gasteiger partial charge is 0.324 e. The van der Waals surface area contributed by atoms with Crippen LogP contribution in [0.25, 0.3) is 0 Å². The van der Waals surface area contributed by atoms with Crippen LogP contribution < -0.4 is 5.73 Å². The summed E-state index contributed by atoms with van der Waals surface area (Å²) in [6.07, 6.45) is 0.981. The van der Waals surface area contributed by atoms with Crippen LogP contribution in [0, 0.1) is 6.92 Å². The summed E-state index contributed by atoms with van der Waals surface area (Å²) < 4.78 is 0. The van der Waals surface area contributed by atoms with Gasteiger partial charge in [0.15, 0.2) is 0 Å². The van der Waals surface area contributed by atoms with Gasteiger partial charge in [0, 0.05) is 23.5 Å². The van der Waals surface area contributed by atoms with E-state index >= 15 is 0 Å². The lowest BCUT2D eigenvalue weighted by Crippen LogP contribution is -2.26. The van der Waals surface area contributed by atoms with Crippen molar-refractivity contribution in [2.45, 2.75) is 32.4 Å². The molecule has 0 amide bonds. The number of aryl methyl sites for hydroxylation is 1. The van der Waals surface area contributed by atoms with Crippen LogP contribution in [0.15, 0.2) is 41.8 Å². The molecule has 0 bridgehead atoms. The first kappa shape index (κ1) is 15.2. The Morgan fingerprint density at radius 2 is 1.90 bits per heavy atom. The predicted octanol–water partition coefficient (Wildman–Crippen LogP) is 4.14. The first-order valence-corrected chi connectivity index (χ1v) is 8.01. The van der Waals surface area contributed by atoms with Crippen LogP contribution in [-0.4, -0.2) is 18.5 Å². The number of benzene rings is 1. The molecule has 0 aliphatic heterocycles. The molecule has 0 radical (unpaired) electrons. The second kappa shape index (κ2) is 7.02. The SMILES string of the molecule is Cc1ccc(C(N)CCN(C)C(C)c2cccs2)cc1. The molecule has 20 heavy (non-hydrogen) atoms. The zero-order valence-electron chi connectivity index (χ0n) is 12.5. The van der Waals surface area contributed by atoms with E-state index in [0.717, 1.165) is 13.0 Å². The number of rotatable bonds is 6. The van der Waals surface area contributed by atoms with E-state index in [0.29, 0.717) is 6.04 Å². The first-order valence-electron chi connectivity index (χ1n) is 7.13. The Labute approximate surface area is 126 Å². The molecule has 0 saturated carbocycles. The summed E-state index contributed by atoms with van der Waals surface area (Å²) in [4.78, 5) is 3.79. The molecule has 0 aliphatic carbocycles. The zero-order chi connectivity index (χ0) is 14.5. The normalized spacial score (nSPS) is 14.4. The van der Waals surface area contributed by atoms with E-state index in [1.807, 2.05) is 11.3 Å². The Kier molecular flexibility index (Phi) is 5.35. The van der Waals surface area contributed by atoms with Crippen molar-refractivity contribution in [3.63, 3.8) is 0 Å². The molecule has 1 heterocycles. The molecule has 1 aromatic carbocycles. The number of thiophene rings is 1. The van der Waals surface area contributed by atoms with Crippen molar-refractivity contribution >= 4 is 11.3 Å². The lowest BCUT2D eigenvalue weighted by Gasteiger charge is -2.25. The van der Waals surface area contributed by atoms with Crippen LogP contribution in [0.5, 0.6) is 0 Å². The van der Waals surface area contributed by atoms with E-state index in [1.165, 1.54) is 16.0 Å². The first-order chi connectivity index (χ1) is 9.58. The molecule has 2 nitrogen and oxygen atoms in total. The third-order valence-corrected chi connectivity index (χ3v) is 4.96. The van der Waals surface area contributed by atoms with Gasteiger partial charge in [0.25, 0.3) is 0 Å². The van der Waals surface area contributed by atoms with Crippen LogP contribution >= 0.6 is 11.3 Å². The van der Waals surface area contributed by atoms with E-state index in [9.17, 15) is 0 Å². The molecule has 2 atom stereocenters.